The van der Waals surface area contributed by atoms with Crippen molar-refractivity contribution in [3.63, 3.8) is 0 Å². The second-order valence-electron chi connectivity index (χ2n) is 9.09. The van der Waals surface area contributed by atoms with E-state index >= 15 is 0 Å². The molecule has 2 heterocycles. The first-order valence-electron chi connectivity index (χ1n) is 11.5. The van der Waals surface area contributed by atoms with E-state index in [1.165, 1.54) is 10.4 Å². The van der Waals surface area contributed by atoms with Crippen molar-refractivity contribution in [1.29, 1.82) is 0 Å². The Morgan fingerprint density at radius 1 is 0.949 bits per heavy atom. The van der Waals surface area contributed by atoms with E-state index < -0.39 is 39.6 Å². The Bertz CT molecular complexity index is 1350. The third kappa shape index (κ3) is 6.07. The minimum atomic E-state index is -5.98. The van der Waals surface area contributed by atoms with Crippen LogP contribution in [0.1, 0.15) is 16.7 Å². The number of rotatable bonds is 6. The van der Waals surface area contributed by atoms with E-state index in [4.69, 9.17) is 0 Å². The minimum Gasteiger partial charge on any atom is -0.369 e. The van der Waals surface area contributed by atoms with Crippen LogP contribution in [-0.4, -0.2) is 55.9 Å². The molecule has 1 saturated heterocycles. The van der Waals surface area contributed by atoms with Crippen LogP contribution in [0.4, 0.5) is 32.0 Å². The number of piperazine rings is 1. The van der Waals surface area contributed by atoms with Gasteiger partial charge < -0.3 is 10.0 Å². The van der Waals surface area contributed by atoms with Crippen molar-refractivity contribution in [3.05, 3.63) is 82.7 Å². The largest absolute Gasteiger partial charge is 0.430 e. The highest BCUT2D eigenvalue weighted by atomic mass is 35.5. The van der Waals surface area contributed by atoms with Crippen molar-refractivity contribution in [3.8, 4) is 0 Å². The number of hydrogen-bond donors (Lipinski definition) is 1. The summed E-state index contributed by atoms with van der Waals surface area (Å²) in [7, 11) is -3.77. The van der Waals surface area contributed by atoms with Gasteiger partial charge in [-0.1, -0.05) is 48.0 Å². The van der Waals surface area contributed by atoms with Gasteiger partial charge in [0.1, 0.15) is 4.21 Å². The number of aliphatic hydroxyl groups is 1. The molecular weight excluding hydrogens is 590 g/mol. The summed E-state index contributed by atoms with van der Waals surface area (Å²) < 4.78 is 108. The molecule has 0 aliphatic carbocycles. The van der Waals surface area contributed by atoms with Crippen LogP contribution in [0.15, 0.2) is 70.3 Å². The van der Waals surface area contributed by atoms with Crippen LogP contribution in [0.3, 0.4) is 0 Å². The number of halogens is 7. The molecule has 0 spiro atoms. The van der Waals surface area contributed by atoms with Gasteiger partial charge >= 0.3 is 12.4 Å². The average Bonchev–Trinajstić information content (AvgIpc) is 3.38. The minimum absolute atomic E-state index is 0. The highest BCUT2D eigenvalue weighted by Crippen LogP contribution is 2.50. The number of aryl methyl sites for hydroxylation is 1. The standard InChI is InChI=1S/C25H24F6N2O3S2.ClH/c1-17-4-2-5-18(14-17)15-21-16-32(38(35,36)22-6-3-13-37-22)11-12-33(21)20-9-7-19(8-10-20)23(34,24(26,27)28)25(29,30)31;/h2-10,13-14,21,34H,11-12,15-16H2,1H3;1H. The van der Waals surface area contributed by atoms with Crippen LogP contribution in [0, 0.1) is 6.92 Å². The van der Waals surface area contributed by atoms with Crippen LogP contribution in [0.2, 0.25) is 0 Å². The molecule has 1 unspecified atom stereocenters. The van der Waals surface area contributed by atoms with Gasteiger partial charge in [-0.15, -0.1) is 23.7 Å². The van der Waals surface area contributed by atoms with Crippen molar-refractivity contribution in [1.82, 2.24) is 4.31 Å². The number of nitrogens with zero attached hydrogens (tertiary/aromatic N) is 2. The van der Waals surface area contributed by atoms with Crippen molar-refractivity contribution in [2.45, 2.75) is 41.5 Å². The quantitative estimate of drug-likeness (QED) is 0.351. The molecule has 14 heteroatoms. The predicted octanol–water partition coefficient (Wildman–Crippen LogP) is 5.91. The van der Waals surface area contributed by atoms with Crippen LogP contribution in [0.25, 0.3) is 0 Å². The fraction of sp³-hybridized carbons (Fsp3) is 0.360. The second kappa shape index (κ2) is 11.3. The number of anilines is 1. The molecule has 1 aliphatic heterocycles. The molecule has 0 saturated carbocycles. The van der Waals surface area contributed by atoms with Gasteiger partial charge in [0, 0.05) is 36.9 Å². The Kier molecular flexibility index (Phi) is 9.03. The lowest BCUT2D eigenvalue weighted by atomic mass is 9.92. The zero-order valence-electron chi connectivity index (χ0n) is 20.4. The summed E-state index contributed by atoms with van der Waals surface area (Å²) in [6, 6.07) is 13.6. The molecule has 1 atom stereocenters. The summed E-state index contributed by atoms with van der Waals surface area (Å²) in [6.07, 6.45) is -11.6. The molecule has 0 radical (unpaired) electrons. The molecule has 214 valence electrons. The van der Waals surface area contributed by atoms with Gasteiger partial charge in [0.05, 0.1) is 0 Å². The summed E-state index contributed by atoms with van der Waals surface area (Å²) in [5, 5.41) is 11.4. The number of alkyl halides is 6. The summed E-state index contributed by atoms with van der Waals surface area (Å²) in [6.45, 7) is 2.19. The zero-order valence-corrected chi connectivity index (χ0v) is 22.9. The van der Waals surface area contributed by atoms with Gasteiger partial charge in [0.15, 0.2) is 0 Å². The topological polar surface area (TPSA) is 60.9 Å². The van der Waals surface area contributed by atoms with E-state index in [0.29, 0.717) is 24.2 Å². The fourth-order valence-corrected chi connectivity index (χ4v) is 7.20. The first-order chi connectivity index (χ1) is 17.6. The molecule has 1 N–H and O–H groups in total. The number of thiophene rings is 1. The molecule has 1 fully saturated rings. The molecule has 39 heavy (non-hydrogen) atoms. The van der Waals surface area contributed by atoms with Crippen molar-refractivity contribution in [2.24, 2.45) is 0 Å². The third-order valence-corrected chi connectivity index (χ3v) is 9.76. The smallest absolute Gasteiger partial charge is 0.369 e. The van der Waals surface area contributed by atoms with Crippen molar-refractivity contribution in [2.75, 3.05) is 24.5 Å². The van der Waals surface area contributed by atoms with E-state index in [1.54, 1.807) is 16.3 Å². The maximum absolute atomic E-state index is 13.3. The van der Waals surface area contributed by atoms with Gasteiger partial charge in [0.2, 0.25) is 0 Å². The molecule has 2 aromatic carbocycles. The Balaban J connectivity index is 0.00000420. The summed E-state index contributed by atoms with van der Waals surface area (Å²) in [4.78, 5) is 1.77. The molecule has 5 nitrogen and oxygen atoms in total. The van der Waals surface area contributed by atoms with Crippen molar-refractivity contribution < 1.29 is 39.9 Å². The summed E-state index contributed by atoms with van der Waals surface area (Å²) in [5.74, 6) is 0. The van der Waals surface area contributed by atoms with E-state index in [0.717, 1.165) is 34.6 Å². The van der Waals surface area contributed by atoms with Crippen LogP contribution in [-0.2, 0) is 22.0 Å². The molecule has 3 aromatic rings. The van der Waals surface area contributed by atoms with Crippen LogP contribution in [0.5, 0.6) is 0 Å². The van der Waals surface area contributed by atoms with Gasteiger partial charge in [-0.3, -0.25) is 0 Å². The van der Waals surface area contributed by atoms with Gasteiger partial charge in [-0.25, -0.2) is 8.42 Å². The number of benzene rings is 2. The van der Waals surface area contributed by atoms with Crippen LogP contribution >= 0.6 is 23.7 Å². The third-order valence-electron chi connectivity index (χ3n) is 6.53. The SMILES string of the molecule is Cc1cccc(CC2CN(S(=O)(=O)c3cccs3)CCN2c2ccc(C(O)(C(F)(F)F)C(F)(F)F)cc2)c1.Cl. The Morgan fingerprint density at radius 3 is 2.13 bits per heavy atom. The zero-order chi connectivity index (χ0) is 27.9. The average molecular weight is 615 g/mol. The molecule has 0 amide bonds. The first-order valence-corrected chi connectivity index (χ1v) is 13.8. The van der Waals surface area contributed by atoms with E-state index in [1.807, 2.05) is 31.2 Å². The highest BCUT2D eigenvalue weighted by Gasteiger charge is 2.71. The highest BCUT2D eigenvalue weighted by molar-refractivity contribution is 7.91. The van der Waals surface area contributed by atoms with Gasteiger partial charge in [-0.05, 0) is 42.5 Å². The molecule has 0 bridgehead atoms. The Hall–Kier alpha value is -2.32. The fourth-order valence-electron chi connectivity index (χ4n) is 4.59. The maximum atomic E-state index is 13.3. The van der Waals surface area contributed by atoms with Gasteiger partial charge in [0.25, 0.3) is 15.6 Å². The normalized spacial score (nSPS) is 17.6. The van der Waals surface area contributed by atoms with E-state index in [9.17, 15) is 39.9 Å². The number of sulfonamides is 1. The molecule has 1 aromatic heterocycles. The Labute approximate surface area is 232 Å². The number of hydrogen-bond acceptors (Lipinski definition) is 5. The predicted molar refractivity (Wildman–Crippen MR) is 139 cm³/mol. The second-order valence-corrected chi connectivity index (χ2v) is 12.2. The monoisotopic (exact) mass is 614 g/mol. The van der Waals surface area contributed by atoms with Crippen LogP contribution < -0.4 is 4.90 Å². The molecular formula is C25H25ClF6N2O3S2. The summed E-state index contributed by atoms with van der Waals surface area (Å²) in [5.41, 5.74) is -4.18. The van der Waals surface area contributed by atoms with Crippen molar-refractivity contribution >= 4 is 39.5 Å². The summed E-state index contributed by atoms with van der Waals surface area (Å²) >= 11 is 1.08. The lowest BCUT2D eigenvalue weighted by Crippen LogP contribution is -2.55. The Morgan fingerprint density at radius 2 is 1.59 bits per heavy atom. The molecule has 1 aliphatic rings. The van der Waals surface area contributed by atoms with E-state index in [2.05, 4.69) is 0 Å². The lowest BCUT2D eigenvalue weighted by molar-refractivity contribution is -0.376. The molecule has 4 rings (SSSR count). The van der Waals surface area contributed by atoms with Gasteiger partial charge in [-0.2, -0.15) is 30.6 Å². The maximum Gasteiger partial charge on any atom is 0.430 e. The lowest BCUT2D eigenvalue weighted by Gasteiger charge is -2.42. The van der Waals surface area contributed by atoms with E-state index in [-0.39, 0.29) is 36.3 Å². The first kappa shape index (κ1) is 31.2.